The predicted octanol–water partition coefficient (Wildman–Crippen LogP) is 2.31. The van der Waals surface area contributed by atoms with Gasteiger partial charge in [0.15, 0.2) is 0 Å². The highest BCUT2D eigenvalue weighted by Gasteiger charge is 2.41. The van der Waals surface area contributed by atoms with E-state index in [1.54, 1.807) is 4.90 Å². The zero-order valence-electron chi connectivity index (χ0n) is 12.0. The normalized spacial score (nSPS) is 33.9. The highest BCUT2D eigenvalue weighted by molar-refractivity contribution is 5.83. The van der Waals surface area contributed by atoms with E-state index in [0.29, 0.717) is 24.9 Å². The van der Waals surface area contributed by atoms with Gasteiger partial charge in [0.25, 0.3) is 0 Å². The standard InChI is InChI=1S/C15H24N2O3/c18-14(19)13-8-4-10-17(13)15(20)16-9-3-6-11-5-1-2-7-12(11)16/h11-13H,1-10H2,(H,18,19)/t11?,12?,13-/m1/s1. The summed E-state index contributed by atoms with van der Waals surface area (Å²) in [5.41, 5.74) is 0. The number of amides is 2. The summed E-state index contributed by atoms with van der Waals surface area (Å²) in [5, 5.41) is 9.25. The molecule has 20 heavy (non-hydrogen) atoms. The van der Waals surface area contributed by atoms with Gasteiger partial charge in [-0.2, -0.15) is 0 Å². The number of aliphatic carboxylic acids is 1. The van der Waals surface area contributed by atoms with E-state index >= 15 is 0 Å². The van der Waals surface area contributed by atoms with Gasteiger partial charge in [-0.3, -0.25) is 0 Å². The van der Waals surface area contributed by atoms with Crippen molar-refractivity contribution in [2.75, 3.05) is 13.1 Å². The second-order valence-electron chi connectivity index (χ2n) is 6.42. The monoisotopic (exact) mass is 280 g/mol. The Hall–Kier alpha value is -1.26. The molecule has 112 valence electrons. The lowest BCUT2D eigenvalue weighted by molar-refractivity contribution is -0.141. The van der Waals surface area contributed by atoms with Gasteiger partial charge >= 0.3 is 12.0 Å². The fourth-order valence-corrected chi connectivity index (χ4v) is 4.28. The lowest BCUT2D eigenvalue weighted by Gasteiger charge is -2.45. The van der Waals surface area contributed by atoms with E-state index in [2.05, 4.69) is 0 Å². The van der Waals surface area contributed by atoms with Crippen molar-refractivity contribution in [1.82, 2.24) is 9.80 Å². The van der Waals surface area contributed by atoms with E-state index < -0.39 is 12.0 Å². The molecular formula is C15H24N2O3. The van der Waals surface area contributed by atoms with Crippen molar-refractivity contribution in [2.45, 2.75) is 63.5 Å². The van der Waals surface area contributed by atoms with Crippen molar-refractivity contribution in [1.29, 1.82) is 0 Å². The second-order valence-corrected chi connectivity index (χ2v) is 6.42. The van der Waals surface area contributed by atoms with E-state index in [9.17, 15) is 14.7 Å². The molecule has 3 aliphatic rings. The Morgan fingerprint density at radius 2 is 1.50 bits per heavy atom. The Balaban J connectivity index is 1.73. The number of fused-ring (bicyclic) bond motifs is 1. The Kier molecular flexibility index (Phi) is 3.85. The van der Waals surface area contributed by atoms with Crippen molar-refractivity contribution < 1.29 is 14.7 Å². The zero-order chi connectivity index (χ0) is 14.1. The van der Waals surface area contributed by atoms with Crippen LogP contribution >= 0.6 is 0 Å². The molecule has 3 atom stereocenters. The number of hydrogen-bond donors (Lipinski definition) is 1. The summed E-state index contributed by atoms with van der Waals surface area (Å²) in [7, 11) is 0. The maximum absolute atomic E-state index is 12.8. The molecule has 3 rings (SSSR count). The molecule has 0 radical (unpaired) electrons. The maximum Gasteiger partial charge on any atom is 0.326 e. The van der Waals surface area contributed by atoms with Gasteiger partial charge in [-0.15, -0.1) is 0 Å². The average Bonchev–Trinajstić information content (AvgIpc) is 2.95. The molecule has 2 saturated heterocycles. The molecule has 2 heterocycles. The number of carbonyl (C=O) groups is 2. The summed E-state index contributed by atoms with van der Waals surface area (Å²) < 4.78 is 0. The summed E-state index contributed by atoms with van der Waals surface area (Å²) in [6.45, 7) is 1.41. The van der Waals surface area contributed by atoms with Crippen LogP contribution in [0.15, 0.2) is 0 Å². The smallest absolute Gasteiger partial charge is 0.326 e. The first kappa shape index (κ1) is 13.7. The highest BCUT2D eigenvalue weighted by Crippen LogP contribution is 2.36. The highest BCUT2D eigenvalue weighted by atomic mass is 16.4. The Morgan fingerprint density at radius 1 is 0.850 bits per heavy atom. The minimum atomic E-state index is -0.854. The number of hydrogen-bond acceptors (Lipinski definition) is 2. The minimum absolute atomic E-state index is 0.0218. The van der Waals surface area contributed by atoms with Crippen molar-refractivity contribution >= 4 is 12.0 Å². The molecule has 0 aromatic heterocycles. The number of urea groups is 1. The van der Waals surface area contributed by atoms with Crippen LogP contribution < -0.4 is 0 Å². The number of likely N-dealkylation sites (tertiary alicyclic amines) is 2. The van der Waals surface area contributed by atoms with E-state index in [0.717, 1.165) is 25.8 Å². The first-order chi connectivity index (χ1) is 9.68. The third-order valence-electron chi connectivity index (χ3n) is 5.27. The van der Waals surface area contributed by atoms with Crippen LogP contribution in [0.25, 0.3) is 0 Å². The molecule has 5 heteroatoms. The van der Waals surface area contributed by atoms with Crippen molar-refractivity contribution in [3.8, 4) is 0 Å². The fourth-order valence-electron chi connectivity index (χ4n) is 4.28. The molecule has 2 aliphatic heterocycles. The Morgan fingerprint density at radius 3 is 2.30 bits per heavy atom. The van der Waals surface area contributed by atoms with E-state index in [1.807, 2.05) is 4.90 Å². The molecule has 0 bridgehead atoms. The van der Waals surface area contributed by atoms with Gasteiger partial charge in [0.2, 0.25) is 0 Å². The third kappa shape index (κ3) is 2.38. The Bertz CT molecular complexity index is 397. The van der Waals surface area contributed by atoms with Gasteiger partial charge < -0.3 is 14.9 Å². The van der Waals surface area contributed by atoms with Crippen molar-refractivity contribution in [3.05, 3.63) is 0 Å². The molecule has 2 unspecified atom stereocenters. The fraction of sp³-hybridized carbons (Fsp3) is 0.867. The lowest BCUT2D eigenvalue weighted by Crippen LogP contribution is -2.56. The van der Waals surface area contributed by atoms with Crippen LogP contribution in [-0.2, 0) is 4.79 Å². The average molecular weight is 280 g/mol. The van der Waals surface area contributed by atoms with Crippen molar-refractivity contribution in [2.24, 2.45) is 5.92 Å². The number of carbonyl (C=O) groups excluding carboxylic acids is 1. The quantitative estimate of drug-likeness (QED) is 0.801. The maximum atomic E-state index is 12.8. The minimum Gasteiger partial charge on any atom is -0.480 e. The van der Waals surface area contributed by atoms with E-state index in [1.165, 1.54) is 25.7 Å². The molecule has 1 saturated carbocycles. The first-order valence-electron chi connectivity index (χ1n) is 7.98. The third-order valence-corrected chi connectivity index (χ3v) is 5.27. The summed E-state index contributed by atoms with van der Waals surface area (Å²) in [5.74, 6) is -0.208. The molecule has 1 aliphatic carbocycles. The molecule has 3 fully saturated rings. The van der Waals surface area contributed by atoms with Gasteiger partial charge in [0.05, 0.1) is 0 Å². The molecular weight excluding hydrogens is 256 g/mol. The van der Waals surface area contributed by atoms with E-state index in [4.69, 9.17) is 0 Å². The number of carboxylic acids is 1. The zero-order valence-corrected chi connectivity index (χ0v) is 12.0. The number of piperidine rings is 1. The SMILES string of the molecule is O=C(O)[C@H]1CCCN1C(=O)N1CCCC2CCCCC21. The van der Waals surface area contributed by atoms with Gasteiger partial charge in [0, 0.05) is 19.1 Å². The predicted molar refractivity (Wildman–Crippen MR) is 74.4 cm³/mol. The van der Waals surface area contributed by atoms with Crippen LogP contribution in [-0.4, -0.2) is 52.1 Å². The van der Waals surface area contributed by atoms with Crippen LogP contribution in [0.5, 0.6) is 0 Å². The van der Waals surface area contributed by atoms with Crippen LogP contribution in [0.2, 0.25) is 0 Å². The second kappa shape index (κ2) is 5.62. The first-order valence-corrected chi connectivity index (χ1v) is 7.98. The molecule has 1 N–H and O–H groups in total. The number of rotatable bonds is 1. The number of nitrogens with zero attached hydrogens (tertiary/aromatic N) is 2. The van der Waals surface area contributed by atoms with Crippen LogP contribution in [0, 0.1) is 5.92 Å². The van der Waals surface area contributed by atoms with Crippen LogP contribution in [0.3, 0.4) is 0 Å². The van der Waals surface area contributed by atoms with Gasteiger partial charge in [-0.05, 0) is 44.4 Å². The summed E-state index contributed by atoms with van der Waals surface area (Å²) in [4.78, 5) is 27.6. The molecule has 0 spiro atoms. The van der Waals surface area contributed by atoms with Gasteiger partial charge in [0.1, 0.15) is 6.04 Å². The molecule has 0 aromatic carbocycles. The topological polar surface area (TPSA) is 60.9 Å². The van der Waals surface area contributed by atoms with Crippen LogP contribution in [0.4, 0.5) is 4.79 Å². The lowest BCUT2D eigenvalue weighted by atomic mass is 9.78. The molecule has 2 amide bonds. The van der Waals surface area contributed by atoms with E-state index in [-0.39, 0.29) is 6.03 Å². The van der Waals surface area contributed by atoms with Crippen LogP contribution in [0.1, 0.15) is 51.4 Å². The van der Waals surface area contributed by atoms with Gasteiger partial charge in [-0.25, -0.2) is 9.59 Å². The molecule has 0 aromatic rings. The largest absolute Gasteiger partial charge is 0.480 e. The summed E-state index contributed by atoms with van der Waals surface area (Å²) in [6.07, 6.45) is 8.53. The number of carboxylic acid groups (broad SMARTS) is 1. The summed E-state index contributed by atoms with van der Waals surface area (Å²) >= 11 is 0. The Labute approximate surface area is 119 Å². The molecule has 5 nitrogen and oxygen atoms in total. The van der Waals surface area contributed by atoms with Crippen molar-refractivity contribution in [3.63, 3.8) is 0 Å². The summed E-state index contributed by atoms with van der Waals surface area (Å²) in [6, 6.07) is -0.266. The van der Waals surface area contributed by atoms with Gasteiger partial charge in [-0.1, -0.05) is 12.8 Å².